The van der Waals surface area contributed by atoms with Gasteiger partial charge in [-0.2, -0.15) is 0 Å². The molecule has 0 aliphatic heterocycles. The molecule has 0 saturated heterocycles. The van der Waals surface area contributed by atoms with Crippen molar-refractivity contribution in [2.24, 2.45) is 5.92 Å². The molecule has 0 spiro atoms. The Bertz CT molecular complexity index is 1050. The quantitative estimate of drug-likeness (QED) is 0.707. The van der Waals surface area contributed by atoms with Crippen molar-refractivity contribution in [3.8, 4) is 5.69 Å². The molecule has 1 amide bonds. The first-order valence-electron chi connectivity index (χ1n) is 9.06. The number of amides is 1. The summed E-state index contributed by atoms with van der Waals surface area (Å²) >= 11 is 0. The number of carbonyl (C=O) groups is 1. The van der Waals surface area contributed by atoms with Gasteiger partial charge in [-0.05, 0) is 35.7 Å². The maximum absolute atomic E-state index is 14.4. The van der Waals surface area contributed by atoms with Crippen LogP contribution in [-0.4, -0.2) is 26.6 Å². The van der Waals surface area contributed by atoms with E-state index in [-0.39, 0.29) is 5.69 Å². The Balaban J connectivity index is 1.60. The van der Waals surface area contributed by atoms with Crippen molar-refractivity contribution < 1.29 is 18.0 Å². The minimum absolute atomic E-state index is 0.140. The van der Waals surface area contributed by atoms with Crippen LogP contribution in [0.15, 0.2) is 36.7 Å². The van der Waals surface area contributed by atoms with Gasteiger partial charge in [0.15, 0.2) is 5.65 Å². The van der Waals surface area contributed by atoms with Crippen LogP contribution in [0.2, 0.25) is 0 Å². The number of halogens is 3. The Morgan fingerprint density at radius 1 is 1.29 bits per heavy atom. The van der Waals surface area contributed by atoms with Crippen LogP contribution >= 0.6 is 0 Å². The lowest BCUT2D eigenvalue weighted by atomic mass is 9.81. The second-order valence-corrected chi connectivity index (χ2v) is 7.53. The Morgan fingerprint density at radius 2 is 2.04 bits per heavy atom. The first kappa shape index (κ1) is 18.5. The Morgan fingerprint density at radius 3 is 2.71 bits per heavy atom. The number of anilines is 1. The number of rotatable bonds is 4. The molecule has 1 aliphatic rings. The van der Waals surface area contributed by atoms with Gasteiger partial charge in [0.1, 0.15) is 11.5 Å². The van der Waals surface area contributed by atoms with Crippen molar-refractivity contribution in [2.45, 2.75) is 38.5 Å². The summed E-state index contributed by atoms with van der Waals surface area (Å²) in [5, 5.41) is 7.66. The molecule has 2 aromatic heterocycles. The zero-order valence-electron chi connectivity index (χ0n) is 15.4. The highest BCUT2D eigenvalue weighted by Gasteiger charge is 2.48. The van der Waals surface area contributed by atoms with Crippen molar-refractivity contribution in [3.63, 3.8) is 0 Å². The zero-order chi connectivity index (χ0) is 20.1. The van der Waals surface area contributed by atoms with Gasteiger partial charge in [0, 0.05) is 42.2 Å². The third-order valence-electron chi connectivity index (χ3n) is 4.97. The van der Waals surface area contributed by atoms with E-state index in [2.05, 4.69) is 29.2 Å². The van der Waals surface area contributed by atoms with E-state index >= 15 is 0 Å². The molecule has 3 aromatic rings. The maximum atomic E-state index is 14.4. The maximum Gasteiger partial charge on any atom is 0.249 e. The zero-order valence-corrected chi connectivity index (χ0v) is 15.4. The van der Waals surface area contributed by atoms with Gasteiger partial charge in [-0.1, -0.05) is 13.8 Å². The van der Waals surface area contributed by atoms with Gasteiger partial charge < -0.3 is 5.32 Å². The molecule has 1 fully saturated rings. The van der Waals surface area contributed by atoms with E-state index in [1.807, 2.05) is 6.07 Å². The van der Waals surface area contributed by atoms with Gasteiger partial charge in [-0.15, -0.1) is 5.10 Å². The molecule has 4 rings (SSSR count). The van der Waals surface area contributed by atoms with Crippen molar-refractivity contribution in [1.82, 2.24) is 14.8 Å². The molecule has 8 heteroatoms. The highest BCUT2D eigenvalue weighted by Crippen LogP contribution is 2.42. The van der Waals surface area contributed by atoms with E-state index in [0.717, 1.165) is 10.9 Å². The van der Waals surface area contributed by atoms with Gasteiger partial charge in [0.2, 0.25) is 11.8 Å². The second kappa shape index (κ2) is 6.61. The molecular weight excluding hydrogens is 369 g/mol. The van der Waals surface area contributed by atoms with Crippen molar-refractivity contribution >= 4 is 22.6 Å². The van der Waals surface area contributed by atoms with E-state index in [1.165, 1.54) is 22.9 Å². The molecule has 0 unspecified atom stereocenters. The lowest BCUT2D eigenvalue weighted by Gasteiger charge is -2.33. The molecule has 1 saturated carbocycles. The third kappa shape index (κ3) is 3.46. The van der Waals surface area contributed by atoms with Gasteiger partial charge in [0.25, 0.3) is 0 Å². The summed E-state index contributed by atoms with van der Waals surface area (Å²) in [7, 11) is 0. The number of pyridine rings is 1. The SMILES string of the molecule is CC(C)c1cnc2nn(-c3cc(NC(=O)C4CC(F)(F)C4)ccc3F)cc2c1. The molecule has 5 nitrogen and oxygen atoms in total. The van der Waals surface area contributed by atoms with Crippen LogP contribution in [0.25, 0.3) is 16.7 Å². The molecule has 146 valence electrons. The molecule has 0 atom stereocenters. The number of carbonyl (C=O) groups excluding carboxylic acids is 1. The van der Waals surface area contributed by atoms with E-state index in [0.29, 0.717) is 17.3 Å². The van der Waals surface area contributed by atoms with Crippen LogP contribution in [0.1, 0.15) is 38.2 Å². The largest absolute Gasteiger partial charge is 0.326 e. The third-order valence-corrected chi connectivity index (χ3v) is 4.97. The minimum atomic E-state index is -2.77. The molecule has 1 aromatic carbocycles. The topological polar surface area (TPSA) is 59.8 Å². The average Bonchev–Trinajstić information content (AvgIpc) is 3.04. The summed E-state index contributed by atoms with van der Waals surface area (Å²) in [6.45, 7) is 4.11. The molecule has 1 aliphatic carbocycles. The standard InChI is InChI=1S/C20H19F3N4O/c1-11(2)12-5-13-10-27(26-18(13)24-9-12)17-6-15(3-4-16(17)21)25-19(28)14-7-20(22,23)8-14/h3-6,9-11,14H,7-8H2,1-2H3,(H,25,28). The normalized spacial score (nSPS) is 16.4. The molecule has 1 N–H and O–H groups in total. The summed E-state index contributed by atoms with van der Waals surface area (Å²) in [6.07, 6.45) is 2.50. The fourth-order valence-corrected chi connectivity index (χ4v) is 3.23. The van der Waals surface area contributed by atoms with Crippen molar-refractivity contribution in [1.29, 1.82) is 0 Å². The fourth-order valence-electron chi connectivity index (χ4n) is 3.23. The van der Waals surface area contributed by atoms with Crippen LogP contribution in [0.5, 0.6) is 0 Å². The lowest BCUT2D eigenvalue weighted by molar-refractivity contribution is -0.145. The Hall–Kier alpha value is -2.90. The predicted molar refractivity (Wildman–Crippen MR) is 99.2 cm³/mol. The highest BCUT2D eigenvalue weighted by atomic mass is 19.3. The molecule has 28 heavy (non-hydrogen) atoms. The summed E-state index contributed by atoms with van der Waals surface area (Å²) in [5.41, 5.74) is 1.99. The van der Waals surface area contributed by atoms with Crippen LogP contribution < -0.4 is 5.32 Å². The molecule has 2 heterocycles. The van der Waals surface area contributed by atoms with Gasteiger partial charge in [-0.3, -0.25) is 4.79 Å². The summed E-state index contributed by atoms with van der Waals surface area (Å²) in [4.78, 5) is 16.4. The number of hydrogen-bond donors (Lipinski definition) is 1. The minimum Gasteiger partial charge on any atom is -0.326 e. The first-order chi connectivity index (χ1) is 13.2. The van der Waals surface area contributed by atoms with Crippen molar-refractivity contribution in [3.05, 3.63) is 48.0 Å². The van der Waals surface area contributed by atoms with Gasteiger partial charge >= 0.3 is 0 Å². The predicted octanol–water partition coefficient (Wildman–Crippen LogP) is 4.67. The number of alkyl halides is 2. The Labute approximate surface area is 159 Å². The van der Waals surface area contributed by atoms with Gasteiger partial charge in [0.05, 0.1) is 0 Å². The molecular formula is C20H19F3N4O. The number of fused-ring (bicyclic) bond motifs is 1. The Kier molecular flexibility index (Phi) is 4.36. The van der Waals surface area contributed by atoms with E-state index < -0.39 is 36.4 Å². The van der Waals surface area contributed by atoms with E-state index in [1.54, 1.807) is 12.4 Å². The van der Waals surface area contributed by atoms with Crippen LogP contribution in [0, 0.1) is 11.7 Å². The average molecular weight is 388 g/mol. The monoisotopic (exact) mass is 388 g/mol. The summed E-state index contributed by atoms with van der Waals surface area (Å²) < 4.78 is 41.7. The number of nitrogens with zero attached hydrogens (tertiary/aromatic N) is 3. The highest BCUT2D eigenvalue weighted by molar-refractivity contribution is 5.93. The van der Waals surface area contributed by atoms with E-state index in [9.17, 15) is 18.0 Å². The fraction of sp³-hybridized carbons (Fsp3) is 0.350. The number of nitrogens with one attached hydrogen (secondary N) is 1. The van der Waals surface area contributed by atoms with Crippen LogP contribution in [0.3, 0.4) is 0 Å². The number of hydrogen-bond acceptors (Lipinski definition) is 3. The van der Waals surface area contributed by atoms with Gasteiger partial charge in [-0.25, -0.2) is 22.8 Å². The molecule has 0 bridgehead atoms. The number of benzene rings is 1. The second-order valence-electron chi connectivity index (χ2n) is 7.53. The molecule has 0 radical (unpaired) electrons. The van der Waals surface area contributed by atoms with Crippen LogP contribution in [-0.2, 0) is 4.79 Å². The van der Waals surface area contributed by atoms with Crippen LogP contribution in [0.4, 0.5) is 18.9 Å². The first-order valence-corrected chi connectivity index (χ1v) is 9.06. The van der Waals surface area contributed by atoms with Crippen molar-refractivity contribution in [2.75, 3.05) is 5.32 Å². The lowest BCUT2D eigenvalue weighted by Crippen LogP contribution is -2.42. The number of aromatic nitrogens is 3. The van der Waals surface area contributed by atoms with E-state index in [4.69, 9.17) is 0 Å². The smallest absolute Gasteiger partial charge is 0.249 e. The summed E-state index contributed by atoms with van der Waals surface area (Å²) in [5.74, 6) is -4.21. The summed E-state index contributed by atoms with van der Waals surface area (Å²) in [6, 6.07) is 5.99.